The van der Waals surface area contributed by atoms with Gasteiger partial charge in [0.15, 0.2) is 0 Å². The van der Waals surface area contributed by atoms with Crippen LogP contribution in [0.4, 0.5) is 5.82 Å². The van der Waals surface area contributed by atoms with E-state index in [2.05, 4.69) is 31.7 Å². The second-order valence-corrected chi connectivity index (χ2v) is 12.4. The molecule has 1 atom stereocenters. The van der Waals surface area contributed by atoms with Crippen molar-refractivity contribution in [1.82, 2.24) is 24.8 Å². The van der Waals surface area contributed by atoms with Crippen LogP contribution < -0.4 is 9.64 Å². The van der Waals surface area contributed by atoms with Crippen molar-refractivity contribution in [3.8, 4) is 23.0 Å². The highest BCUT2D eigenvalue weighted by Crippen LogP contribution is 2.31. The summed E-state index contributed by atoms with van der Waals surface area (Å²) in [4.78, 5) is 32.2. The summed E-state index contributed by atoms with van der Waals surface area (Å²) < 4.78 is 6.15. The van der Waals surface area contributed by atoms with E-state index in [9.17, 15) is 9.90 Å². The zero-order chi connectivity index (χ0) is 29.6. The number of hydrogen-bond acceptors (Lipinski definition) is 8. The van der Waals surface area contributed by atoms with Gasteiger partial charge in [0.2, 0.25) is 11.8 Å². The monoisotopic (exact) mass is 612 g/mol. The van der Waals surface area contributed by atoms with Crippen molar-refractivity contribution in [2.24, 2.45) is 11.8 Å². The van der Waals surface area contributed by atoms with Crippen LogP contribution in [-0.4, -0.2) is 82.1 Å². The number of carboxylic acids is 1. The molecule has 11 heteroatoms. The number of carbonyl (C=O) groups is 1. The van der Waals surface area contributed by atoms with Crippen LogP contribution in [0.5, 0.6) is 11.8 Å². The molecule has 2 aliphatic heterocycles. The average Bonchev–Trinajstić information content (AvgIpc) is 3.18. The standard InChI is InChI=1S/C31H38Cl2N6O3/c1-21(31(40)41)12-22-4-8-38(9-5-22)20-23-13-27(24-15-25(32)17-26(33)16-24)36-29(14-23)42-30-19-34-28(18-35-30)39-7-3-6-37(2)10-11-39/h13-19,21-22H,3-12,20H2,1-2H3,(H,40,41). The molecule has 2 saturated heterocycles. The van der Waals surface area contributed by atoms with E-state index < -0.39 is 5.97 Å². The Morgan fingerprint density at radius 2 is 1.74 bits per heavy atom. The summed E-state index contributed by atoms with van der Waals surface area (Å²) in [5, 5.41) is 10.3. The van der Waals surface area contributed by atoms with Crippen molar-refractivity contribution in [3.63, 3.8) is 0 Å². The number of halogens is 2. The minimum absolute atomic E-state index is 0.309. The van der Waals surface area contributed by atoms with Crippen molar-refractivity contribution in [2.75, 3.05) is 51.2 Å². The van der Waals surface area contributed by atoms with Crippen molar-refractivity contribution < 1.29 is 14.6 Å². The van der Waals surface area contributed by atoms with Crippen molar-refractivity contribution in [1.29, 1.82) is 0 Å². The van der Waals surface area contributed by atoms with E-state index in [4.69, 9.17) is 32.9 Å². The fourth-order valence-electron chi connectivity index (χ4n) is 5.70. The number of likely N-dealkylation sites (tertiary alicyclic amines) is 1. The Labute approximate surface area is 257 Å². The molecule has 1 aromatic carbocycles. The molecule has 3 aromatic rings. The summed E-state index contributed by atoms with van der Waals surface area (Å²) in [6, 6.07) is 9.35. The molecule has 42 heavy (non-hydrogen) atoms. The Balaban J connectivity index is 1.32. The van der Waals surface area contributed by atoms with Crippen molar-refractivity contribution in [2.45, 2.75) is 39.2 Å². The third-order valence-corrected chi connectivity index (χ3v) is 8.55. The van der Waals surface area contributed by atoms with Gasteiger partial charge in [0.05, 0.1) is 24.0 Å². The summed E-state index contributed by atoms with van der Waals surface area (Å²) in [7, 11) is 2.14. The number of anilines is 1. The maximum Gasteiger partial charge on any atom is 0.306 e. The number of ether oxygens (including phenoxy) is 1. The number of benzene rings is 1. The maximum absolute atomic E-state index is 11.3. The fraction of sp³-hybridized carbons (Fsp3) is 0.484. The molecule has 0 radical (unpaired) electrons. The molecule has 1 N–H and O–H groups in total. The summed E-state index contributed by atoms with van der Waals surface area (Å²) >= 11 is 12.6. The lowest BCUT2D eigenvalue weighted by Gasteiger charge is -2.32. The van der Waals surface area contributed by atoms with E-state index in [0.717, 1.165) is 88.4 Å². The minimum Gasteiger partial charge on any atom is -0.481 e. The van der Waals surface area contributed by atoms with Crippen LogP contribution in [0.15, 0.2) is 42.7 Å². The quantitative estimate of drug-likeness (QED) is 0.307. The molecular weight excluding hydrogens is 575 g/mol. The van der Waals surface area contributed by atoms with Gasteiger partial charge in [0.1, 0.15) is 5.82 Å². The van der Waals surface area contributed by atoms with Crippen LogP contribution in [0, 0.1) is 11.8 Å². The first kappa shape index (κ1) is 30.5. The van der Waals surface area contributed by atoms with E-state index in [0.29, 0.717) is 33.4 Å². The smallest absolute Gasteiger partial charge is 0.306 e. The number of hydrogen-bond donors (Lipinski definition) is 1. The molecule has 2 fully saturated rings. The summed E-state index contributed by atoms with van der Waals surface area (Å²) in [5.41, 5.74) is 2.55. The Bertz CT molecular complexity index is 1350. The lowest BCUT2D eigenvalue weighted by molar-refractivity contribution is -0.141. The van der Waals surface area contributed by atoms with Gasteiger partial charge in [-0.25, -0.2) is 15.0 Å². The highest BCUT2D eigenvalue weighted by molar-refractivity contribution is 6.35. The zero-order valence-corrected chi connectivity index (χ0v) is 25.7. The highest BCUT2D eigenvalue weighted by Gasteiger charge is 2.24. The van der Waals surface area contributed by atoms with E-state index in [1.54, 1.807) is 25.4 Å². The third kappa shape index (κ3) is 8.31. The molecule has 0 amide bonds. The third-order valence-electron chi connectivity index (χ3n) is 8.11. The highest BCUT2D eigenvalue weighted by atomic mass is 35.5. The lowest BCUT2D eigenvalue weighted by Crippen LogP contribution is -2.34. The van der Waals surface area contributed by atoms with Gasteiger partial charge < -0.3 is 19.6 Å². The fourth-order valence-corrected chi connectivity index (χ4v) is 6.23. The molecule has 224 valence electrons. The summed E-state index contributed by atoms with van der Waals surface area (Å²) in [5.74, 6) is 1.04. The number of likely N-dealkylation sites (N-methyl/N-ethyl adjacent to an activating group) is 1. The molecule has 0 saturated carbocycles. The van der Waals surface area contributed by atoms with Crippen molar-refractivity contribution >= 4 is 35.0 Å². The summed E-state index contributed by atoms with van der Waals surface area (Å²) in [6.07, 6.45) is 7.19. The number of pyridine rings is 1. The maximum atomic E-state index is 11.3. The number of aliphatic carboxylic acids is 1. The van der Waals surface area contributed by atoms with Crippen LogP contribution in [0.25, 0.3) is 11.3 Å². The number of nitrogens with zero attached hydrogens (tertiary/aromatic N) is 6. The molecule has 4 heterocycles. The Morgan fingerprint density at radius 1 is 0.976 bits per heavy atom. The number of carboxylic acid groups (broad SMARTS) is 1. The average molecular weight is 614 g/mol. The van der Waals surface area contributed by atoms with Gasteiger partial charge in [-0.3, -0.25) is 9.69 Å². The lowest BCUT2D eigenvalue weighted by atomic mass is 9.88. The summed E-state index contributed by atoms with van der Waals surface area (Å²) in [6.45, 7) is 8.26. The van der Waals surface area contributed by atoms with Crippen LogP contribution in [-0.2, 0) is 11.3 Å². The van der Waals surface area contributed by atoms with Gasteiger partial charge in [-0.1, -0.05) is 30.1 Å². The molecule has 2 aliphatic rings. The Kier molecular flexibility index (Phi) is 10.2. The first-order valence-corrected chi connectivity index (χ1v) is 15.3. The molecular formula is C31H38Cl2N6O3. The van der Waals surface area contributed by atoms with Crippen LogP contribution in [0.1, 0.15) is 38.2 Å². The second-order valence-electron chi connectivity index (χ2n) is 11.5. The van der Waals surface area contributed by atoms with Crippen molar-refractivity contribution in [3.05, 3.63) is 58.3 Å². The Morgan fingerprint density at radius 3 is 2.43 bits per heavy atom. The predicted molar refractivity (Wildman–Crippen MR) is 166 cm³/mol. The normalized spacial score (nSPS) is 18.0. The molecule has 1 unspecified atom stereocenters. The van der Waals surface area contributed by atoms with E-state index >= 15 is 0 Å². The van der Waals surface area contributed by atoms with Crippen LogP contribution >= 0.6 is 23.2 Å². The molecule has 0 bridgehead atoms. The molecule has 0 aliphatic carbocycles. The Hall–Kier alpha value is -2.98. The van der Waals surface area contributed by atoms with E-state index in [1.165, 1.54) is 0 Å². The largest absolute Gasteiger partial charge is 0.481 e. The van der Waals surface area contributed by atoms with Gasteiger partial charge in [-0.15, -0.1) is 0 Å². The van der Waals surface area contributed by atoms with Gasteiger partial charge in [-0.05, 0) is 88.1 Å². The van der Waals surface area contributed by atoms with Gasteiger partial charge in [0, 0.05) is 47.9 Å². The number of aromatic nitrogens is 3. The molecule has 9 nitrogen and oxygen atoms in total. The van der Waals surface area contributed by atoms with Gasteiger partial charge in [0.25, 0.3) is 0 Å². The van der Waals surface area contributed by atoms with Gasteiger partial charge >= 0.3 is 5.97 Å². The van der Waals surface area contributed by atoms with Crippen LogP contribution in [0.2, 0.25) is 10.0 Å². The number of rotatable bonds is 9. The first-order chi connectivity index (χ1) is 20.2. The zero-order valence-electron chi connectivity index (χ0n) is 24.2. The topological polar surface area (TPSA) is 94.9 Å². The van der Waals surface area contributed by atoms with E-state index in [-0.39, 0.29) is 5.92 Å². The second kappa shape index (κ2) is 14.0. The molecule has 5 rings (SSSR count). The minimum atomic E-state index is -0.718. The number of piperidine rings is 1. The van der Waals surface area contributed by atoms with E-state index in [1.807, 2.05) is 24.3 Å². The first-order valence-electron chi connectivity index (χ1n) is 14.6. The van der Waals surface area contributed by atoms with Crippen LogP contribution in [0.3, 0.4) is 0 Å². The predicted octanol–water partition coefficient (Wildman–Crippen LogP) is 6.10. The van der Waals surface area contributed by atoms with Gasteiger partial charge in [-0.2, -0.15) is 0 Å². The molecule has 0 spiro atoms. The molecule has 2 aromatic heterocycles. The SMILES string of the molecule is CC(CC1CCN(Cc2cc(Oc3cnc(N4CCCN(C)CC4)cn3)nc(-c3cc(Cl)cc(Cl)c3)c2)CC1)C(=O)O.